The van der Waals surface area contributed by atoms with E-state index < -0.39 is 0 Å². The van der Waals surface area contributed by atoms with Crippen LogP contribution < -0.4 is 10.1 Å². The summed E-state index contributed by atoms with van der Waals surface area (Å²) < 4.78 is 9.89. The zero-order valence-corrected chi connectivity index (χ0v) is 19.9. The molecule has 172 valence electrons. The van der Waals surface area contributed by atoms with Crippen LogP contribution in [0.3, 0.4) is 0 Å². The van der Waals surface area contributed by atoms with Crippen molar-refractivity contribution in [2.45, 2.75) is 60.2 Å². The Balaban J connectivity index is 1.39. The Kier molecular flexibility index (Phi) is 6.49. The maximum absolute atomic E-state index is 12.7. The Labute approximate surface area is 194 Å². The molecular weight excluding hydrogens is 414 g/mol. The largest absolute Gasteiger partial charge is 0.488 e. The molecule has 4 aromatic rings. The number of carbonyl (C=O) groups is 1. The molecule has 0 radical (unpaired) electrons. The molecule has 1 N–H and O–H groups in total. The Bertz CT molecular complexity index is 1250. The molecule has 0 aliphatic carbocycles. The fourth-order valence-electron chi connectivity index (χ4n) is 4.15. The van der Waals surface area contributed by atoms with Crippen LogP contribution in [0.5, 0.6) is 5.75 Å². The maximum Gasteiger partial charge on any atom is 0.226 e. The molecular formula is C26H31N5O2. The van der Waals surface area contributed by atoms with Gasteiger partial charge >= 0.3 is 0 Å². The highest BCUT2D eigenvalue weighted by Gasteiger charge is 2.16. The molecule has 0 unspecified atom stereocenters. The molecule has 0 fully saturated rings. The molecule has 0 spiro atoms. The first-order valence-electron chi connectivity index (χ1n) is 11.3. The molecule has 0 bridgehead atoms. The number of nitrogens with zero attached hydrogens (tertiary/aromatic N) is 4. The predicted molar refractivity (Wildman–Crippen MR) is 131 cm³/mol. The van der Waals surface area contributed by atoms with Gasteiger partial charge in [0, 0.05) is 18.2 Å². The number of hydrogen-bond donors (Lipinski definition) is 1. The molecule has 0 atom stereocenters. The second-order valence-corrected chi connectivity index (χ2v) is 8.74. The third-order valence-corrected chi connectivity index (χ3v) is 5.68. The molecule has 4 rings (SSSR count). The summed E-state index contributed by atoms with van der Waals surface area (Å²) in [5.41, 5.74) is 6.79. The van der Waals surface area contributed by atoms with E-state index >= 15 is 0 Å². The van der Waals surface area contributed by atoms with Gasteiger partial charge in [0.2, 0.25) is 5.91 Å². The zero-order valence-electron chi connectivity index (χ0n) is 19.9. The van der Waals surface area contributed by atoms with Gasteiger partial charge in [-0.3, -0.25) is 14.2 Å². The van der Waals surface area contributed by atoms with Gasteiger partial charge < -0.3 is 10.1 Å². The lowest BCUT2D eigenvalue weighted by Gasteiger charge is -2.15. The molecule has 33 heavy (non-hydrogen) atoms. The molecule has 2 aromatic carbocycles. The van der Waals surface area contributed by atoms with Crippen LogP contribution in [0.2, 0.25) is 0 Å². The zero-order chi connectivity index (χ0) is 23.5. The van der Waals surface area contributed by atoms with Crippen molar-refractivity contribution in [2.24, 2.45) is 0 Å². The van der Waals surface area contributed by atoms with Gasteiger partial charge in [-0.25, -0.2) is 0 Å². The number of rotatable bonds is 8. The van der Waals surface area contributed by atoms with Gasteiger partial charge in [0.15, 0.2) is 0 Å². The van der Waals surface area contributed by atoms with Crippen molar-refractivity contribution in [1.82, 2.24) is 19.6 Å². The van der Waals surface area contributed by atoms with Crippen LogP contribution in [-0.4, -0.2) is 25.5 Å². The van der Waals surface area contributed by atoms with Gasteiger partial charge in [-0.15, -0.1) is 0 Å². The summed E-state index contributed by atoms with van der Waals surface area (Å²) in [6, 6.07) is 14.2. The molecule has 0 saturated heterocycles. The van der Waals surface area contributed by atoms with E-state index in [9.17, 15) is 4.79 Å². The lowest BCUT2D eigenvalue weighted by atomic mass is 10.1. The molecule has 7 heteroatoms. The first-order valence-corrected chi connectivity index (χ1v) is 11.3. The molecule has 0 aliphatic rings. The number of amides is 1. The van der Waals surface area contributed by atoms with Crippen LogP contribution in [0.25, 0.3) is 11.0 Å². The fraction of sp³-hybridized carbons (Fsp3) is 0.346. The highest BCUT2D eigenvalue weighted by molar-refractivity contribution is 5.91. The van der Waals surface area contributed by atoms with E-state index in [1.54, 1.807) is 0 Å². The van der Waals surface area contributed by atoms with E-state index in [0.29, 0.717) is 19.6 Å². The van der Waals surface area contributed by atoms with Gasteiger partial charge in [-0.1, -0.05) is 30.3 Å². The predicted octanol–water partition coefficient (Wildman–Crippen LogP) is 5.35. The van der Waals surface area contributed by atoms with Crippen LogP contribution in [0.1, 0.15) is 48.7 Å². The van der Waals surface area contributed by atoms with Crippen LogP contribution >= 0.6 is 0 Å². The lowest BCUT2D eigenvalue weighted by molar-refractivity contribution is -0.116. The van der Waals surface area contributed by atoms with Gasteiger partial charge in [0.1, 0.15) is 23.4 Å². The fourth-order valence-corrected chi connectivity index (χ4v) is 4.15. The van der Waals surface area contributed by atoms with Crippen LogP contribution in [0.4, 0.5) is 5.69 Å². The van der Waals surface area contributed by atoms with E-state index in [1.165, 1.54) is 0 Å². The highest BCUT2D eigenvalue weighted by atomic mass is 16.5. The van der Waals surface area contributed by atoms with Gasteiger partial charge in [-0.05, 0) is 63.4 Å². The number of nitrogens with one attached hydrogen (secondary N) is 1. The Hall–Kier alpha value is -3.61. The van der Waals surface area contributed by atoms with E-state index in [0.717, 1.165) is 44.9 Å². The van der Waals surface area contributed by atoms with Crippen molar-refractivity contribution in [1.29, 1.82) is 0 Å². The van der Waals surface area contributed by atoms with Gasteiger partial charge in [0.25, 0.3) is 0 Å². The number of benzene rings is 2. The first kappa shape index (κ1) is 22.6. The summed E-state index contributed by atoms with van der Waals surface area (Å²) in [4.78, 5) is 12.7. The summed E-state index contributed by atoms with van der Waals surface area (Å²) in [5.74, 6) is 0.803. The van der Waals surface area contributed by atoms with Crippen molar-refractivity contribution in [3.05, 3.63) is 71.0 Å². The number of hydrogen-bond acceptors (Lipinski definition) is 4. The van der Waals surface area contributed by atoms with Crippen molar-refractivity contribution in [3.8, 4) is 5.75 Å². The highest BCUT2D eigenvalue weighted by Crippen LogP contribution is 2.28. The number of ether oxygens (including phenoxy) is 1. The topological polar surface area (TPSA) is 74.0 Å². The van der Waals surface area contributed by atoms with E-state index in [2.05, 4.69) is 29.4 Å². The molecule has 1 amide bonds. The van der Waals surface area contributed by atoms with Crippen molar-refractivity contribution < 1.29 is 9.53 Å². The summed E-state index contributed by atoms with van der Waals surface area (Å²) in [7, 11) is 0. The van der Waals surface area contributed by atoms with Crippen molar-refractivity contribution >= 4 is 22.6 Å². The summed E-state index contributed by atoms with van der Waals surface area (Å²) >= 11 is 0. The first-order chi connectivity index (χ1) is 15.8. The molecule has 7 nitrogen and oxygen atoms in total. The second kappa shape index (κ2) is 9.48. The van der Waals surface area contributed by atoms with Crippen molar-refractivity contribution in [2.75, 3.05) is 5.32 Å². The number of aryl methyl sites for hydroxylation is 4. The van der Waals surface area contributed by atoms with E-state index in [4.69, 9.17) is 4.74 Å². The maximum atomic E-state index is 12.7. The third-order valence-electron chi connectivity index (χ3n) is 5.68. The number of anilines is 1. The standard InChI is InChI=1S/C26H31N5O2/c1-17(2)31-23-15-27-30(25(23)20(5)29-31)12-11-24(32)28-22-13-18(3)26(19(4)14-22)33-16-21-9-7-6-8-10-21/h6-10,13-15,17H,11-12,16H2,1-5H3,(H,28,32). The monoisotopic (exact) mass is 445 g/mol. The average Bonchev–Trinajstić information content (AvgIpc) is 3.33. The summed E-state index contributed by atoms with van der Waals surface area (Å²) in [6.45, 7) is 11.2. The minimum atomic E-state index is -0.0516. The Morgan fingerprint density at radius 1 is 1.09 bits per heavy atom. The van der Waals surface area contributed by atoms with Crippen LogP contribution in [0, 0.1) is 20.8 Å². The summed E-state index contributed by atoms with van der Waals surface area (Å²) in [6.07, 6.45) is 2.15. The number of fused-ring (bicyclic) bond motifs is 1. The minimum absolute atomic E-state index is 0.0516. The molecule has 0 aliphatic heterocycles. The quantitative estimate of drug-likeness (QED) is 0.397. The SMILES string of the molecule is Cc1cc(NC(=O)CCn2ncc3c2c(C)nn3C(C)C)cc(C)c1OCc1ccccc1. The normalized spacial score (nSPS) is 11.3. The minimum Gasteiger partial charge on any atom is -0.488 e. The van der Waals surface area contributed by atoms with Gasteiger partial charge in [0.05, 0.1) is 18.4 Å². The average molecular weight is 446 g/mol. The molecule has 2 aromatic heterocycles. The smallest absolute Gasteiger partial charge is 0.226 e. The number of aromatic nitrogens is 4. The Morgan fingerprint density at radius 2 is 1.79 bits per heavy atom. The number of carbonyl (C=O) groups excluding carboxylic acids is 1. The van der Waals surface area contributed by atoms with Crippen LogP contribution in [0.15, 0.2) is 48.7 Å². The Morgan fingerprint density at radius 3 is 2.45 bits per heavy atom. The molecule has 2 heterocycles. The van der Waals surface area contributed by atoms with E-state index in [1.807, 2.05) is 78.8 Å². The van der Waals surface area contributed by atoms with Crippen LogP contribution in [-0.2, 0) is 17.9 Å². The van der Waals surface area contributed by atoms with E-state index in [-0.39, 0.29) is 11.9 Å². The third kappa shape index (κ3) is 4.92. The lowest BCUT2D eigenvalue weighted by Crippen LogP contribution is -2.15. The molecule has 0 saturated carbocycles. The van der Waals surface area contributed by atoms with Crippen molar-refractivity contribution in [3.63, 3.8) is 0 Å². The summed E-state index contributed by atoms with van der Waals surface area (Å²) in [5, 5.41) is 12.1. The van der Waals surface area contributed by atoms with Gasteiger partial charge in [-0.2, -0.15) is 10.2 Å². The second-order valence-electron chi connectivity index (χ2n) is 8.74.